The van der Waals surface area contributed by atoms with Crippen LogP contribution in [0.2, 0.25) is 5.02 Å². The standard InChI is InChI=1S/C19H22ClFN2O4S/c20-17-11-13(7-8-18(17)21)22-19(25)12-3-1-6-16(9-12)28(26,27)23-14-4-2-5-15(24)10-14/h1,3,6-9,11,14-15,19,22-25H,2,4-5,10H2. The summed E-state index contributed by atoms with van der Waals surface area (Å²) in [6.45, 7) is 0. The first kappa shape index (κ1) is 21.0. The van der Waals surface area contributed by atoms with Crippen molar-refractivity contribution in [1.29, 1.82) is 0 Å². The van der Waals surface area contributed by atoms with Gasteiger partial charge in [-0.25, -0.2) is 17.5 Å². The van der Waals surface area contributed by atoms with Gasteiger partial charge in [0.05, 0.1) is 16.0 Å². The summed E-state index contributed by atoms with van der Waals surface area (Å²) < 4.78 is 41.2. The minimum Gasteiger partial charge on any atom is -0.393 e. The first-order valence-electron chi connectivity index (χ1n) is 8.94. The highest BCUT2D eigenvalue weighted by molar-refractivity contribution is 7.89. The van der Waals surface area contributed by atoms with Gasteiger partial charge in [-0.3, -0.25) is 0 Å². The molecule has 9 heteroatoms. The summed E-state index contributed by atoms with van der Waals surface area (Å²) in [6.07, 6.45) is 0.783. The zero-order chi connectivity index (χ0) is 20.3. The SMILES string of the molecule is O=S(=O)(NC1CCCC(O)C1)c1cccc(C(O)Nc2ccc(F)c(Cl)c2)c1. The van der Waals surface area contributed by atoms with Crippen molar-refractivity contribution < 1.29 is 23.0 Å². The summed E-state index contributed by atoms with van der Waals surface area (Å²) in [6, 6.07) is 9.51. The lowest BCUT2D eigenvalue weighted by atomic mass is 9.94. The maximum atomic E-state index is 13.2. The van der Waals surface area contributed by atoms with Crippen molar-refractivity contribution in [2.45, 2.75) is 49.0 Å². The Morgan fingerprint density at radius 3 is 2.68 bits per heavy atom. The van der Waals surface area contributed by atoms with Crippen LogP contribution in [0.3, 0.4) is 0 Å². The highest BCUT2D eigenvalue weighted by Crippen LogP contribution is 2.25. The molecule has 4 N–H and O–H groups in total. The first-order valence-corrected chi connectivity index (χ1v) is 10.8. The number of aliphatic hydroxyl groups excluding tert-OH is 2. The predicted molar refractivity (Wildman–Crippen MR) is 105 cm³/mol. The van der Waals surface area contributed by atoms with Crippen molar-refractivity contribution in [3.63, 3.8) is 0 Å². The third kappa shape index (κ3) is 5.21. The maximum Gasteiger partial charge on any atom is 0.240 e. The molecular weight excluding hydrogens is 407 g/mol. The molecule has 3 unspecified atom stereocenters. The normalized spacial score (nSPS) is 21.3. The van der Waals surface area contributed by atoms with E-state index in [1.54, 1.807) is 6.07 Å². The molecule has 0 aliphatic heterocycles. The van der Waals surface area contributed by atoms with Gasteiger partial charge in [0.2, 0.25) is 10.0 Å². The molecule has 0 heterocycles. The average molecular weight is 429 g/mol. The Balaban J connectivity index is 1.74. The Kier molecular flexibility index (Phi) is 6.57. The summed E-state index contributed by atoms with van der Waals surface area (Å²) in [5.41, 5.74) is 0.716. The molecule has 28 heavy (non-hydrogen) atoms. The lowest BCUT2D eigenvalue weighted by Gasteiger charge is -2.26. The molecule has 152 valence electrons. The van der Waals surface area contributed by atoms with E-state index in [1.165, 1.54) is 36.4 Å². The van der Waals surface area contributed by atoms with Crippen LogP contribution in [0.15, 0.2) is 47.4 Å². The number of anilines is 1. The van der Waals surface area contributed by atoms with Crippen molar-refractivity contribution in [3.05, 3.63) is 58.9 Å². The molecule has 6 nitrogen and oxygen atoms in total. The van der Waals surface area contributed by atoms with Crippen LogP contribution in [0.4, 0.5) is 10.1 Å². The molecule has 0 amide bonds. The molecule has 0 spiro atoms. The Hall–Kier alpha value is -1.71. The molecule has 1 fully saturated rings. The largest absolute Gasteiger partial charge is 0.393 e. The second kappa shape index (κ2) is 8.75. The Bertz CT molecular complexity index is 941. The van der Waals surface area contributed by atoms with Crippen LogP contribution in [0.1, 0.15) is 37.5 Å². The number of halogens is 2. The molecule has 0 radical (unpaired) electrons. The van der Waals surface area contributed by atoms with Crippen LogP contribution in [-0.4, -0.2) is 30.8 Å². The van der Waals surface area contributed by atoms with E-state index in [1.807, 2.05) is 0 Å². The molecule has 1 saturated carbocycles. The molecule has 0 saturated heterocycles. The third-order valence-corrected chi connectivity index (χ3v) is 6.48. The van der Waals surface area contributed by atoms with Gasteiger partial charge >= 0.3 is 0 Å². The second-order valence-corrected chi connectivity index (χ2v) is 9.01. The van der Waals surface area contributed by atoms with E-state index in [0.29, 0.717) is 30.5 Å². The van der Waals surface area contributed by atoms with Gasteiger partial charge in [0.15, 0.2) is 6.23 Å². The van der Waals surface area contributed by atoms with Gasteiger partial charge in [0.25, 0.3) is 0 Å². The number of hydrogen-bond acceptors (Lipinski definition) is 5. The van der Waals surface area contributed by atoms with Crippen molar-refractivity contribution in [2.75, 3.05) is 5.32 Å². The van der Waals surface area contributed by atoms with E-state index in [-0.39, 0.29) is 16.0 Å². The fourth-order valence-corrected chi connectivity index (χ4v) is 4.76. The summed E-state index contributed by atoms with van der Waals surface area (Å²) in [5, 5.41) is 22.8. The Morgan fingerprint density at radius 1 is 1.18 bits per heavy atom. The Morgan fingerprint density at radius 2 is 1.96 bits per heavy atom. The highest BCUT2D eigenvalue weighted by atomic mass is 35.5. The molecule has 3 rings (SSSR count). The van der Waals surface area contributed by atoms with Crippen LogP contribution in [0, 0.1) is 5.82 Å². The maximum absolute atomic E-state index is 13.2. The summed E-state index contributed by atoms with van der Waals surface area (Å²) in [4.78, 5) is 0.0167. The van der Waals surface area contributed by atoms with Crippen LogP contribution in [0.25, 0.3) is 0 Å². The van der Waals surface area contributed by atoms with Crippen LogP contribution >= 0.6 is 11.6 Å². The van der Waals surface area contributed by atoms with Gasteiger partial charge in [-0.1, -0.05) is 23.7 Å². The van der Waals surface area contributed by atoms with Gasteiger partial charge in [-0.15, -0.1) is 0 Å². The van der Waals surface area contributed by atoms with Crippen molar-refractivity contribution in [1.82, 2.24) is 4.72 Å². The number of rotatable bonds is 6. The molecule has 2 aromatic carbocycles. The van der Waals surface area contributed by atoms with Gasteiger partial charge < -0.3 is 15.5 Å². The van der Waals surface area contributed by atoms with Crippen LogP contribution in [0.5, 0.6) is 0 Å². The summed E-state index contributed by atoms with van der Waals surface area (Å²) >= 11 is 5.73. The van der Waals surface area contributed by atoms with Gasteiger partial charge in [0, 0.05) is 17.3 Å². The number of benzene rings is 2. The molecule has 0 aromatic heterocycles. The van der Waals surface area contributed by atoms with Crippen molar-refractivity contribution in [3.8, 4) is 0 Å². The fraction of sp³-hybridized carbons (Fsp3) is 0.368. The molecular formula is C19H22ClFN2O4S. The lowest BCUT2D eigenvalue weighted by molar-refractivity contribution is 0.117. The highest BCUT2D eigenvalue weighted by Gasteiger charge is 2.26. The van der Waals surface area contributed by atoms with Crippen LogP contribution < -0.4 is 10.0 Å². The summed E-state index contributed by atoms with van der Waals surface area (Å²) in [7, 11) is -3.80. The van der Waals surface area contributed by atoms with E-state index in [2.05, 4.69) is 10.0 Å². The van der Waals surface area contributed by atoms with E-state index in [9.17, 15) is 23.0 Å². The zero-order valence-corrected chi connectivity index (χ0v) is 16.5. The lowest BCUT2D eigenvalue weighted by Crippen LogP contribution is -2.39. The fourth-order valence-electron chi connectivity index (χ4n) is 3.24. The predicted octanol–water partition coefficient (Wildman–Crippen LogP) is 3.16. The average Bonchev–Trinajstić information content (AvgIpc) is 2.64. The van der Waals surface area contributed by atoms with E-state index < -0.39 is 28.2 Å². The van der Waals surface area contributed by atoms with E-state index >= 15 is 0 Å². The van der Waals surface area contributed by atoms with E-state index in [0.717, 1.165) is 6.42 Å². The zero-order valence-electron chi connectivity index (χ0n) is 15.0. The quantitative estimate of drug-likeness (QED) is 0.530. The number of nitrogens with one attached hydrogen (secondary N) is 2. The third-order valence-electron chi connectivity index (χ3n) is 4.68. The van der Waals surface area contributed by atoms with Crippen LogP contribution in [-0.2, 0) is 10.0 Å². The van der Waals surface area contributed by atoms with Crippen molar-refractivity contribution in [2.24, 2.45) is 0 Å². The number of hydrogen-bond donors (Lipinski definition) is 4. The van der Waals surface area contributed by atoms with Crippen molar-refractivity contribution >= 4 is 27.3 Å². The number of sulfonamides is 1. The molecule has 3 atom stereocenters. The van der Waals surface area contributed by atoms with Gasteiger partial charge in [-0.2, -0.15) is 0 Å². The minimum atomic E-state index is -3.80. The summed E-state index contributed by atoms with van der Waals surface area (Å²) in [5.74, 6) is -0.575. The molecule has 2 aromatic rings. The molecule has 0 bridgehead atoms. The van der Waals surface area contributed by atoms with Gasteiger partial charge in [0.1, 0.15) is 5.82 Å². The molecule has 1 aliphatic rings. The minimum absolute atomic E-state index is 0.0167. The smallest absolute Gasteiger partial charge is 0.240 e. The first-order chi connectivity index (χ1) is 13.2. The van der Waals surface area contributed by atoms with E-state index in [4.69, 9.17) is 11.6 Å². The van der Waals surface area contributed by atoms with Gasteiger partial charge in [-0.05, 0) is 56.0 Å². The topological polar surface area (TPSA) is 98.7 Å². The monoisotopic (exact) mass is 428 g/mol. The number of aliphatic hydroxyl groups is 2. The Labute approximate surface area is 168 Å². The second-order valence-electron chi connectivity index (χ2n) is 6.89. The molecule has 1 aliphatic carbocycles.